The maximum Gasteiger partial charge on any atom is 0.270 e. The van der Waals surface area contributed by atoms with Gasteiger partial charge in [-0.15, -0.1) is 0 Å². The Morgan fingerprint density at radius 3 is 2.74 bits per heavy atom. The van der Waals surface area contributed by atoms with Crippen molar-refractivity contribution in [3.05, 3.63) is 42.0 Å². The smallest absolute Gasteiger partial charge is 0.270 e. The van der Waals surface area contributed by atoms with Crippen LogP contribution in [-0.4, -0.2) is 32.6 Å². The molecule has 2 amide bonds. The lowest BCUT2D eigenvalue weighted by molar-refractivity contribution is 0.0946. The summed E-state index contributed by atoms with van der Waals surface area (Å²) in [6.45, 7) is 4.01. The van der Waals surface area contributed by atoms with Crippen LogP contribution in [0.15, 0.2) is 30.7 Å². The second kappa shape index (κ2) is 6.20. The lowest BCUT2D eigenvalue weighted by Crippen LogP contribution is -2.26. The Morgan fingerprint density at radius 2 is 2.09 bits per heavy atom. The van der Waals surface area contributed by atoms with Gasteiger partial charge in [0.1, 0.15) is 5.69 Å². The topological polar surface area (TPSA) is 88.9 Å². The Hall–Kier alpha value is -2.70. The lowest BCUT2D eigenvalue weighted by Gasteiger charge is -2.06. The predicted octanol–water partition coefficient (Wildman–Crippen LogP) is 2.00. The van der Waals surface area contributed by atoms with Crippen molar-refractivity contribution < 1.29 is 9.59 Å². The quantitative estimate of drug-likeness (QED) is 0.883. The van der Waals surface area contributed by atoms with E-state index in [4.69, 9.17) is 0 Å². The fraction of sp³-hybridized carbons (Fsp3) is 0.375. The van der Waals surface area contributed by atoms with Crippen molar-refractivity contribution in [2.24, 2.45) is 0 Å². The number of carbonyl (C=O) groups is 2. The van der Waals surface area contributed by atoms with Crippen LogP contribution >= 0.6 is 0 Å². The van der Waals surface area contributed by atoms with Crippen LogP contribution in [0.5, 0.6) is 0 Å². The third-order valence-corrected chi connectivity index (χ3v) is 3.56. The molecular weight excluding hydrogens is 294 g/mol. The van der Waals surface area contributed by atoms with Gasteiger partial charge in [-0.3, -0.25) is 19.3 Å². The Kier molecular flexibility index (Phi) is 4.10. The molecule has 0 saturated heterocycles. The number of rotatable bonds is 5. The number of aromatic nitrogens is 3. The number of anilines is 1. The Morgan fingerprint density at radius 1 is 1.30 bits per heavy atom. The van der Waals surface area contributed by atoms with Crippen molar-refractivity contribution in [1.82, 2.24) is 20.1 Å². The van der Waals surface area contributed by atoms with Gasteiger partial charge in [-0.2, -0.15) is 5.10 Å². The molecule has 0 aromatic carbocycles. The standard InChI is InChI=1S/C16H19N5O2/c1-10(2)21-9-13(8-18-21)20-15(22)11-5-6-17-14(7-11)16(23)19-12-3-4-12/h5-10,12H,3-4H2,1-2H3,(H,19,23)(H,20,22). The number of hydrogen-bond donors (Lipinski definition) is 2. The summed E-state index contributed by atoms with van der Waals surface area (Å²) in [6.07, 6.45) is 6.84. The van der Waals surface area contributed by atoms with Crippen LogP contribution < -0.4 is 10.6 Å². The number of carbonyl (C=O) groups excluding carboxylic acids is 2. The molecule has 120 valence electrons. The highest BCUT2D eigenvalue weighted by molar-refractivity contribution is 6.05. The molecule has 2 aromatic heterocycles. The molecule has 2 aromatic rings. The maximum absolute atomic E-state index is 12.3. The summed E-state index contributed by atoms with van der Waals surface area (Å²) in [5, 5.41) is 9.80. The minimum Gasteiger partial charge on any atom is -0.348 e. The van der Waals surface area contributed by atoms with Gasteiger partial charge in [0.15, 0.2) is 0 Å². The van der Waals surface area contributed by atoms with Gasteiger partial charge in [-0.1, -0.05) is 0 Å². The van der Waals surface area contributed by atoms with Gasteiger partial charge in [0.05, 0.1) is 11.9 Å². The number of nitrogens with one attached hydrogen (secondary N) is 2. The van der Waals surface area contributed by atoms with Gasteiger partial charge in [-0.25, -0.2) is 0 Å². The highest BCUT2D eigenvalue weighted by Crippen LogP contribution is 2.19. The van der Waals surface area contributed by atoms with Crippen LogP contribution in [0.4, 0.5) is 5.69 Å². The minimum atomic E-state index is -0.295. The first-order valence-electron chi connectivity index (χ1n) is 7.65. The normalized spacial score (nSPS) is 13.9. The van der Waals surface area contributed by atoms with Crippen molar-refractivity contribution in [1.29, 1.82) is 0 Å². The van der Waals surface area contributed by atoms with Crippen LogP contribution in [0.1, 0.15) is 53.6 Å². The summed E-state index contributed by atoms with van der Waals surface area (Å²) in [4.78, 5) is 28.3. The fourth-order valence-corrected chi connectivity index (χ4v) is 2.07. The first-order chi connectivity index (χ1) is 11.0. The van der Waals surface area contributed by atoms with Crippen LogP contribution in [0, 0.1) is 0 Å². The van der Waals surface area contributed by atoms with E-state index in [1.165, 1.54) is 12.3 Å². The van der Waals surface area contributed by atoms with E-state index in [0.717, 1.165) is 12.8 Å². The van der Waals surface area contributed by atoms with E-state index in [1.54, 1.807) is 23.1 Å². The molecule has 0 spiro atoms. The SMILES string of the molecule is CC(C)n1cc(NC(=O)c2ccnc(C(=O)NC3CC3)c2)cn1. The van der Waals surface area contributed by atoms with Crippen molar-refractivity contribution in [2.75, 3.05) is 5.32 Å². The molecule has 1 aliphatic carbocycles. The first-order valence-corrected chi connectivity index (χ1v) is 7.65. The molecule has 1 saturated carbocycles. The predicted molar refractivity (Wildman–Crippen MR) is 85.3 cm³/mol. The molecule has 2 heterocycles. The highest BCUT2D eigenvalue weighted by Gasteiger charge is 2.24. The van der Waals surface area contributed by atoms with Crippen LogP contribution in [-0.2, 0) is 0 Å². The molecule has 1 fully saturated rings. The second-order valence-corrected chi connectivity index (χ2v) is 5.93. The first kappa shape index (κ1) is 15.2. The molecule has 0 atom stereocenters. The molecule has 0 aliphatic heterocycles. The van der Waals surface area contributed by atoms with Gasteiger partial charge in [-0.05, 0) is 38.8 Å². The summed E-state index contributed by atoms with van der Waals surface area (Å²) < 4.78 is 1.76. The third-order valence-electron chi connectivity index (χ3n) is 3.56. The van der Waals surface area contributed by atoms with Gasteiger partial charge in [0.25, 0.3) is 11.8 Å². The zero-order valence-electron chi connectivity index (χ0n) is 13.1. The van der Waals surface area contributed by atoms with Crippen LogP contribution in [0.25, 0.3) is 0 Å². The van der Waals surface area contributed by atoms with E-state index in [2.05, 4.69) is 20.7 Å². The number of pyridine rings is 1. The van der Waals surface area contributed by atoms with E-state index in [0.29, 0.717) is 11.3 Å². The fourth-order valence-electron chi connectivity index (χ4n) is 2.07. The van der Waals surface area contributed by atoms with Gasteiger partial charge in [0.2, 0.25) is 0 Å². The van der Waals surface area contributed by atoms with Crippen LogP contribution in [0.2, 0.25) is 0 Å². The van der Waals surface area contributed by atoms with Crippen molar-refractivity contribution in [3.8, 4) is 0 Å². The molecule has 7 heteroatoms. The van der Waals surface area contributed by atoms with Gasteiger partial charge >= 0.3 is 0 Å². The highest BCUT2D eigenvalue weighted by atomic mass is 16.2. The van der Waals surface area contributed by atoms with E-state index in [9.17, 15) is 9.59 Å². The summed E-state index contributed by atoms with van der Waals surface area (Å²) in [5.74, 6) is -0.536. The van der Waals surface area contributed by atoms with E-state index in [-0.39, 0.29) is 29.6 Å². The Bertz CT molecular complexity index is 734. The zero-order valence-corrected chi connectivity index (χ0v) is 13.1. The van der Waals surface area contributed by atoms with Crippen molar-refractivity contribution in [3.63, 3.8) is 0 Å². The average molecular weight is 313 g/mol. The largest absolute Gasteiger partial charge is 0.348 e. The summed E-state index contributed by atoms with van der Waals surface area (Å²) >= 11 is 0. The molecule has 3 rings (SSSR count). The van der Waals surface area contributed by atoms with Crippen molar-refractivity contribution >= 4 is 17.5 Å². The summed E-state index contributed by atoms with van der Waals surface area (Å²) in [5.41, 5.74) is 1.25. The van der Waals surface area contributed by atoms with E-state index >= 15 is 0 Å². The molecule has 0 radical (unpaired) electrons. The monoisotopic (exact) mass is 313 g/mol. The Labute approximate surface area is 134 Å². The molecule has 1 aliphatic rings. The summed E-state index contributed by atoms with van der Waals surface area (Å²) in [6, 6.07) is 3.55. The second-order valence-electron chi connectivity index (χ2n) is 5.93. The van der Waals surface area contributed by atoms with Crippen molar-refractivity contribution in [2.45, 2.75) is 38.8 Å². The maximum atomic E-state index is 12.3. The minimum absolute atomic E-state index is 0.222. The van der Waals surface area contributed by atoms with Gasteiger partial charge in [0, 0.05) is 30.0 Å². The molecule has 7 nitrogen and oxygen atoms in total. The Balaban J connectivity index is 1.69. The number of amides is 2. The van der Waals surface area contributed by atoms with Gasteiger partial charge < -0.3 is 10.6 Å². The lowest BCUT2D eigenvalue weighted by atomic mass is 10.2. The third kappa shape index (κ3) is 3.74. The zero-order chi connectivity index (χ0) is 16.4. The molecule has 23 heavy (non-hydrogen) atoms. The average Bonchev–Trinajstić information content (AvgIpc) is 3.22. The molecule has 2 N–H and O–H groups in total. The number of hydrogen-bond acceptors (Lipinski definition) is 4. The molecule has 0 unspecified atom stereocenters. The summed E-state index contributed by atoms with van der Waals surface area (Å²) in [7, 11) is 0. The van der Waals surface area contributed by atoms with E-state index in [1.807, 2.05) is 13.8 Å². The number of nitrogens with zero attached hydrogens (tertiary/aromatic N) is 3. The molecular formula is C16H19N5O2. The molecule has 0 bridgehead atoms. The van der Waals surface area contributed by atoms with E-state index < -0.39 is 0 Å². The van der Waals surface area contributed by atoms with Crippen LogP contribution in [0.3, 0.4) is 0 Å².